The van der Waals surface area contributed by atoms with Gasteiger partial charge in [-0.2, -0.15) is 13.2 Å². The topological polar surface area (TPSA) is 77.1 Å². The van der Waals surface area contributed by atoms with Gasteiger partial charge in [-0.25, -0.2) is 4.79 Å². The standard InChI is InChI=1S/C24H33F3N2O5/c1-22(2,3)34-20(30)18-7-6-17(33-15-23(4)10-5-11-28-23)14-19(18)29(21(31)24(25,26)27)16-8-12-32-13-9-16/h6-7,14,16,28H,5,8-13,15H2,1-4H3/t23-/m0/s1. The lowest BCUT2D eigenvalue weighted by molar-refractivity contribution is -0.171. The third kappa shape index (κ3) is 6.63. The number of anilines is 1. The first-order chi connectivity index (χ1) is 15.8. The van der Waals surface area contributed by atoms with Crippen molar-refractivity contribution < 1.29 is 37.0 Å². The molecule has 2 aliphatic rings. The van der Waals surface area contributed by atoms with E-state index in [0.29, 0.717) is 11.5 Å². The molecule has 1 atom stereocenters. The predicted molar refractivity (Wildman–Crippen MR) is 120 cm³/mol. The summed E-state index contributed by atoms with van der Waals surface area (Å²) in [6, 6.07) is 3.42. The Labute approximate surface area is 197 Å². The van der Waals surface area contributed by atoms with Crippen molar-refractivity contribution in [2.24, 2.45) is 0 Å². The zero-order chi connectivity index (χ0) is 25.1. The van der Waals surface area contributed by atoms with Gasteiger partial charge in [0, 0.05) is 30.9 Å². The van der Waals surface area contributed by atoms with Crippen molar-refractivity contribution in [1.82, 2.24) is 5.32 Å². The molecule has 2 aliphatic heterocycles. The third-order valence-corrected chi connectivity index (χ3v) is 5.88. The summed E-state index contributed by atoms with van der Waals surface area (Å²) < 4.78 is 57.6. The number of nitrogens with zero attached hydrogens (tertiary/aromatic N) is 1. The van der Waals surface area contributed by atoms with E-state index in [4.69, 9.17) is 14.2 Å². The molecule has 190 valence electrons. The molecule has 1 aromatic carbocycles. The fraction of sp³-hybridized carbons (Fsp3) is 0.667. The first-order valence-corrected chi connectivity index (χ1v) is 11.5. The summed E-state index contributed by atoms with van der Waals surface area (Å²) in [7, 11) is 0. The summed E-state index contributed by atoms with van der Waals surface area (Å²) >= 11 is 0. The molecule has 1 aromatic rings. The van der Waals surface area contributed by atoms with Gasteiger partial charge in [-0.3, -0.25) is 4.79 Å². The van der Waals surface area contributed by atoms with Gasteiger partial charge in [-0.1, -0.05) is 0 Å². The highest BCUT2D eigenvalue weighted by Crippen LogP contribution is 2.35. The van der Waals surface area contributed by atoms with Crippen LogP contribution in [0.15, 0.2) is 18.2 Å². The summed E-state index contributed by atoms with van der Waals surface area (Å²) in [5, 5.41) is 3.36. The van der Waals surface area contributed by atoms with E-state index in [9.17, 15) is 22.8 Å². The monoisotopic (exact) mass is 486 g/mol. The van der Waals surface area contributed by atoms with Gasteiger partial charge >= 0.3 is 18.1 Å². The van der Waals surface area contributed by atoms with Gasteiger partial charge in [-0.05, 0) is 72.1 Å². The number of hydrogen-bond acceptors (Lipinski definition) is 6. The van der Waals surface area contributed by atoms with Crippen molar-refractivity contribution >= 4 is 17.6 Å². The molecule has 0 saturated carbocycles. The van der Waals surface area contributed by atoms with E-state index in [1.165, 1.54) is 18.2 Å². The normalized spacial score (nSPS) is 21.9. The SMILES string of the molecule is CC(C)(C)OC(=O)c1ccc(OC[C@]2(C)CCCN2)cc1N(C(=O)C(F)(F)F)C1CCOCC1. The number of hydrogen-bond donors (Lipinski definition) is 1. The highest BCUT2D eigenvalue weighted by molar-refractivity contribution is 6.05. The molecule has 0 bridgehead atoms. The highest BCUT2D eigenvalue weighted by atomic mass is 19.4. The molecule has 0 aliphatic carbocycles. The number of halogens is 3. The lowest BCUT2D eigenvalue weighted by Crippen LogP contribution is -2.50. The van der Waals surface area contributed by atoms with E-state index < -0.39 is 29.7 Å². The largest absolute Gasteiger partial charge is 0.492 e. The van der Waals surface area contributed by atoms with Crippen LogP contribution in [0.1, 0.15) is 63.7 Å². The van der Waals surface area contributed by atoms with Crippen LogP contribution in [0.25, 0.3) is 0 Å². The molecule has 0 unspecified atom stereocenters. The fourth-order valence-corrected chi connectivity index (χ4v) is 4.18. The van der Waals surface area contributed by atoms with Crippen LogP contribution in [0.2, 0.25) is 0 Å². The van der Waals surface area contributed by atoms with Crippen LogP contribution in [-0.4, -0.2) is 61.6 Å². The number of carbonyl (C=O) groups is 2. The third-order valence-electron chi connectivity index (χ3n) is 5.88. The Hall–Kier alpha value is -2.33. The fourth-order valence-electron chi connectivity index (χ4n) is 4.18. The van der Waals surface area contributed by atoms with E-state index in [1.54, 1.807) is 20.8 Å². The maximum absolute atomic E-state index is 13.7. The predicted octanol–water partition coefficient (Wildman–Crippen LogP) is 4.24. The second-order valence-corrected chi connectivity index (χ2v) is 10.1. The Bertz CT molecular complexity index is 886. The number of ether oxygens (including phenoxy) is 3. The molecule has 0 spiro atoms. The first-order valence-electron chi connectivity index (χ1n) is 11.5. The molecule has 34 heavy (non-hydrogen) atoms. The van der Waals surface area contributed by atoms with Crippen LogP contribution in [0.4, 0.5) is 18.9 Å². The summed E-state index contributed by atoms with van der Waals surface area (Å²) in [5.41, 5.74) is -1.43. The zero-order valence-corrected chi connectivity index (χ0v) is 20.1. The molecule has 0 aromatic heterocycles. The summed E-state index contributed by atoms with van der Waals surface area (Å²) in [6.07, 6.45) is -2.80. The second kappa shape index (κ2) is 10.1. The Balaban J connectivity index is 2.03. The molecule has 7 nitrogen and oxygen atoms in total. The van der Waals surface area contributed by atoms with Gasteiger partial charge in [-0.15, -0.1) is 0 Å². The van der Waals surface area contributed by atoms with Gasteiger partial charge < -0.3 is 24.4 Å². The van der Waals surface area contributed by atoms with E-state index >= 15 is 0 Å². The number of rotatable bonds is 6. The molecular weight excluding hydrogens is 453 g/mol. The molecule has 2 saturated heterocycles. The minimum Gasteiger partial charge on any atom is -0.492 e. The number of amides is 1. The van der Waals surface area contributed by atoms with E-state index in [2.05, 4.69) is 5.32 Å². The number of esters is 1. The van der Waals surface area contributed by atoms with Crippen LogP contribution in [0, 0.1) is 0 Å². The summed E-state index contributed by atoms with van der Waals surface area (Å²) in [5.74, 6) is -2.58. The Morgan fingerprint density at radius 3 is 2.44 bits per heavy atom. The second-order valence-electron chi connectivity index (χ2n) is 10.1. The minimum atomic E-state index is -5.12. The average molecular weight is 487 g/mol. The minimum absolute atomic E-state index is 0.128. The Morgan fingerprint density at radius 2 is 1.88 bits per heavy atom. The summed E-state index contributed by atoms with van der Waals surface area (Å²) in [6.45, 7) is 8.58. The molecule has 2 fully saturated rings. The van der Waals surface area contributed by atoms with Gasteiger partial charge in [0.25, 0.3) is 0 Å². The number of carbonyl (C=O) groups excluding carboxylic acids is 2. The lowest BCUT2D eigenvalue weighted by Gasteiger charge is -2.36. The van der Waals surface area contributed by atoms with Crippen molar-refractivity contribution in [3.63, 3.8) is 0 Å². The first kappa shape index (κ1) is 26.3. The van der Waals surface area contributed by atoms with Crippen LogP contribution in [-0.2, 0) is 14.3 Å². The molecule has 1 N–H and O–H groups in total. The van der Waals surface area contributed by atoms with Crippen LogP contribution >= 0.6 is 0 Å². The molecule has 3 rings (SSSR count). The molecule has 10 heteroatoms. The zero-order valence-electron chi connectivity index (χ0n) is 20.1. The smallest absolute Gasteiger partial charge is 0.471 e. The number of benzene rings is 1. The number of nitrogens with one attached hydrogen (secondary N) is 1. The van der Waals surface area contributed by atoms with Crippen molar-refractivity contribution in [3.05, 3.63) is 23.8 Å². The molecule has 1 amide bonds. The maximum Gasteiger partial charge on any atom is 0.471 e. The van der Waals surface area contributed by atoms with Crippen LogP contribution in [0.5, 0.6) is 5.75 Å². The Kier molecular flexibility index (Phi) is 7.82. The highest BCUT2D eigenvalue weighted by Gasteiger charge is 2.46. The molecule has 0 radical (unpaired) electrons. The van der Waals surface area contributed by atoms with Crippen molar-refractivity contribution in [1.29, 1.82) is 0 Å². The van der Waals surface area contributed by atoms with Gasteiger partial charge in [0.15, 0.2) is 0 Å². The van der Waals surface area contributed by atoms with Gasteiger partial charge in [0.05, 0.1) is 11.3 Å². The molecule has 2 heterocycles. The maximum atomic E-state index is 13.7. The van der Waals surface area contributed by atoms with Crippen molar-refractivity contribution in [2.75, 3.05) is 31.3 Å². The Morgan fingerprint density at radius 1 is 1.21 bits per heavy atom. The van der Waals surface area contributed by atoms with Crippen molar-refractivity contribution in [2.45, 2.75) is 76.7 Å². The van der Waals surface area contributed by atoms with E-state index in [0.717, 1.165) is 19.4 Å². The van der Waals surface area contributed by atoms with Crippen LogP contribution < -0.4 is 15.0 Å². The molecular formula is C24H33F3N2O5. The van der Waals surface area contributed by atoms with Gasteiger partial charge in [0.2, 0.25) is 0 Å². The van der Waals surface area contributed by atoms with E-state index in [-0.39, 0.29) is 48.6 Å². The quantitative estimate of drug-likeness (QED) is 0.607. The average Bonchev–Trinajstić information content (AvgIpc) is 3.18. The van der Waals surface area contributed by atoms with Crippen molar-refractivity contribution in [3.8, 4) is 5.75 Å². The lowest BCUT2D eigenvalue weighted by atomic mass is 10.0. The van der Waals surface area contributed by atoms with E-state index in [1.807, 2.05) is 6.92 Å². The van der Waals surface area contributed by atoms with Crippen LogP contribution in [0.3, 0.4) is 0 Å². The summed E-state index contributed by atoms with van der Waals surface area (Å²) in [4.78, 5) is 26.2. The number of alkyl halides is 3. The van der Waals surface area contributed by atoms with Gasteiger partial charge in [0.1, 0.15) is 18.0 Å².